The first kappa shape index (κ1) is 17.2. The Morgan fingerprint density at radius 3 is 2.28 bits per heavy atom. The molecule has 0 spiro atoms. The Bertz CT molecular complexity index is 796. The summed E-state index contributed by atoms with van der Waals surface area (Å²) in [4.78, 5) is 29.1. The van der Waals surface area contributed by atoms with Gasteiger partial charge in [0.25, 0.3) is 11.8 Å². The number of carbonyl (C=O) groups excluding carboxylic acids is 2. The number of carbonyl (C=O) groups is 2. The minimum atomic E-state index is -0.00421. The molecule has 0 bridgehead atoms. The zero-order chi connectivity index (χ0) is 18.0. The van der Waals surface area contributed by atoms with Crippen LogP contribution in [0.25, 0.3) is 0 Å². The van der Waals surface area contributed by atoms with Gasteiger partial charge in [0, 0.05) is 44.5 Å². The zero-order valence-electron chi connectivity index (χ0n) is 15.0. The van der Waals surface area contributed by atoms with Crippen LogP contribution in [0.4, 0.5) is 0 Å². The number of hydrogen-bond acceptors (Lipinski definition) is 3. The van der Waals surface area contributed by atoms with E-state index in [2.05, 4.69) is 5.10 Å². The van der Waals surface area contributed by atoms with Gasteiger partial charge in [-0.1, -0.05) is 17.7 Å². The van der Waals surface area contributed by atoms with Crippen molar-refractivity contribution in [1.29, 1.82) is 0 Å². The highest BCUT2D eigenvalue weighted by Crippen LogP contribution is 2.14. The third-order valence-corrected chi connectivity index (χ3v) is 4.80. The van der Waals surface area contributed by atoms with Gasteiger partial charge in [-0.25, -0.2) is 0 Å². The summed E-state index contributed by atoms with van der Waals surface area (Å²) in [7, 11) is 1.83. The van der Waals surface area contributed by atoms with E-state index in [1.807, 2.05) is 55.0 Å². The van der Waals surface area contributed by atoms with Gasteiger partial charge in [-0.2, -0.15) is 5.10 Å². The summed E-state index contributed by atoms with van der Waals surface area (Å²) in [5.41, 5.74) is 3.29. The quantitative estimate of drug-likeness (QED) is 0.840. The van der Waals surface area contributed by atoms with Crippen LogP contribution in [0.3, 0.4) is 0 Å². The summed E-state index contributed by atoms with van der Waals surface area (Å²) in [5, 5.41) is 4.15. The molecule has 0 aliphatic carbocycles. The minimum absolute atomic E-state index is 0.00421. The molecule has 0 unspecified atom stereocenters. The highest BCUT2D eigenvalue weighted by molar-refractivity contribution is 5.96. The molecule has 1 fully saturated rings. The molecule has 3 rings (SSSR count). The van der Waals surface area contributed by atoms with Crippen molar-refractivity contribution in [2.24, 2.45) is 7.05 Å². The van der Waals surface area contributed by atoms with Crippen molar-refractivity contribution in [2.45, 2.75) is 20.3 Å². The molecular weight excluding hydrogens is 316 g/mol. The minimum Gasteiger partial charge on any atom is -0.337 e. The van der Waals surface area contributed by atoms with Crippen molar-refractivity contribution in [3.8, 4) is 0 Å². The summed E-state index contributed by atoms with van der Waals surface area (Å²) < 4.78 is 1.71. The second-order valence-electron chi connectivity index (χ2n) is 6.57. The Labute approximate surface area is 148 Å². The van der Waals surface area contributed by atoms with Gasteiger partial charge in [0.1, 0.15) is 0 Å². The summed E-state index contributed by atoms with van der Waals surface area (Å²) in [5.74, 6) is 0.0333. The number of hydrogen-bond donors (Lipinski definition) is 0. The van der Waals surface area contributed by atoms with Crippen molar-refractivity contribution < 1.29 is 9.59 Å². The highest BCUT2D eigenvalue weighted by Gasteiger charge is 2.25. The molecule has 6 heteroatoms. The molecule has 1 aromatic heterocycles. The van der Waals surface area contributed by atoms with Crippen molar-refractivity contribution in [3.63, 3.8) is 0 Å². The fraction of sp³-hybridized carbons (Fsp3) is 0.421. The van der Waals surface area contributed by atoms with Gasteiger partial charge >= 0.3 is 0 Å². The van der Waals surface area contributed by atoms with Crippen LogP contribution in [0.5, 0.6) is 0 Å². The van der Waals surface area contributed by atoms with Crippen molar-refractivity contribution in [2.75, 3.05) is 26.2 Å². The average Bonchev–Trinajstić information content (AvgIpc) is 2.81. The number of aryl methyl sites for hydroxylation is 2. The van der Waals surface area contributed by atoms with Gasteiger partial charge in [-0.05, 0) is 32.4 Å². The van der Waals surface area contributed by atoms with Crippen LogP contribution in [0, 0.1) is 13.8 Å². The predicted octanol–water partition coefficient (Wildman–Crippen LogP) is 2.03. The summed E-state index contributed by atoms with van der Waals surface area (Å²) >= 11 is 0. The number of rotatable bonds is 2. The zero-order valence-corrected chi connectivity index (χ0v) is 15.0. The summed E-state index contributed by atoms with van der Waals surface area (Å²) in [6, 6.07) is 7.65. The Hall–Kier alpha value is -2.63. The SMILES string of the molecule is Cc1cccc(C(=O)N2CCCN(C(=O)c3cnn(C)c3C)CC2)c1. The Kier molecular flexibility index (Phi) is 4.88. The van der Waals surface area contributed by atoms with Crippen LogP contribution < -0.4 is 0 Å². The Balaban J connectivity index is 1.69. The molecule has 1 saturated heterocycles. The van der Waals surface area contributed by atoms with E-state index in [4.69, 9.17) is 0 Å². The van der Waals surface area contributed by atoms with Gasteiger partial charge in [-0.3, -0.25) is 14.3 Å². The highest BCUT2D eigenvalue weighted by atomic mass is 16.2. The molecule has 2 aromatic rings. The second kappa shape index (κ2) is 7.09. The van der Waals surface area contributed by atoms with Crippen LogP contribution in [0.2, 0.25) is 0 Å². The molecule has 1 aliphatic rings. The van der Waals surface area contributed by atoms with Crippen molar-refractivity contribution >= 4 is 11.8 Å². The van der Waals surface area contributed by atoms with E-state index in [-0.39, 0.29) is 11.8 Å². The standard InChI is InChI=1S/C19H24N4O2/c1-14-6-4-7-16(12-14)18(24)22-8-5-9-23(11-10-22)19(25)17-13-20-21(3)15(17)2/h4,6-7,12-13H,5,8-11H2,1-3H3. The van der Waals surface area contributed by atoms with E-state index in [9.17, 15) is 9.59 Å². The smallest absolute Gasteiger partial charge is 0.257 e. The lowest BCUT2D eigenvalue weighted by molar-refractivity contribution is 0.0718. The third kappa shape index (κ3) is 3.57. The lowest BCUT2D eigenvalue weighted by Crippen LogP contribution is -2.37. The van der Waals surface area contributed by atoms with Crippen LogP contribution in [0.15, 0.2) is 30.5 Å². The first-order valence-corrected chi connectivity index (χ1v) is 8.61. The molecule has 132 valence electrons. The largest absolute Gasteiger partial charge is 0.337 e. The Morgan fingerprint density at radius 2 is 1.68 bits per heavy atom. The molecular formula is C19H24N4O2. The molecule has 2 heterocycles. The van der Waals surface area contributed by atoms with Crippen LogP contribution in [-0.4, -0.2) is 57.6 Å². The first-order chi connectivity index (χ1) is 12.0. The molecule has 25 heavy (non-hydrogen) atoms. The molecule has 0 saturated carbocycles. The van der Waals surface area contributed by atoms with Crippen LogP contribution in [0.1, 0.15) is 38.4 Å². The normalized spacial score (nSPS) is 15.2. The van der Waals surface area contributed by atoms with Gasteiger partial charge < -0.3 is 9.80 Å². The second-order valence-corrected chi connectivity index (χ2v) is 6.57. The van der Waals surface area contributed by atoms with Crippen LogP contribution >= 0.6 is 0 Å². The maximum atomic E-state index is 12.7. The fourth-order valence-corrected chi connectivity index (χ4v) is 3.16. The molecule has 0 atom stereocenters. The third-order valence-electron chi connectivity index (χ3n) is 4.80. The van der Waals surface area contributed by atoms with E-state index in [0.29, 0.717) is 37.3 Å². The lowest BCUT2D eigenvalue weighted by atomic mass is 10.1. The molecule has 2 amide bonds. The Morgan fingerprint density at radius 1 is 1.00 bits per heavy atom. The molecule has 1 aliphatic heterocycles. The maximum Gasteiger partial charge on any atom is 0.257 e. The molecule has 0 N–H and O–H groups in total. The number of benzene rings is 1. The van der Waals surface area contributed by atoms with E-state index in [1.165, 1.54) is 0 Å². The first-order valence-electron chi connectivity index (χ1n) is 8.61. The maximum absolute atomic E-state index is 12.7. The number of amides is 2. The van der Waals surface area contributed by atoms with Gasteiger partial charge in [0.05, 0.1) is 11.8 Å². The monoisotopic (exact) mass is 340 g/mol. The van der Waals surface area contributed by atoms with E-state index < -0.39 is 0 Å². The van der Waals surface area contributed by atoms with Crippen molar-refractivity contribution in [3.05, 3.63) is 52.8 Å². The summed E-state index contributed by atoms with van der Waals surface area (Å²) in [6.45, 7) is 6.30. The van der Waals surface area contributed by atoms with Crippen molar-refractivity contribution in [1.82, 2.24) is 19.6 Å². The predicted molar refractivity (Wildman–Crippen MR) is 95.5 cm³/mol. The average molecular weight is 340 g/mol. The topological polar surface area (TPSA) is 58.4 Å². The lowest BCUT2D eigenvalue weighted by Gasteiger charge is -2.22. The summed E-state index contributed by atoms with van der Waals surface area (Å²) in [6.07, 6.45) is 2.40. The van der Waals surface area contributed by atoms with Crippen LogP contribution in [-0.2, 0) is 7.05 Å². The van der Waals surface area contributed by atoms with Gasteiger partial charge in [-0.15, -0.1) is 0 Å². The fourth-order valence-electron chi connectivity index (χ4n) is 3.16. The molecule has 6 nitrogen and oxygen atoms in total. The molecule has 0 radical (unpaired) electrons. The number of aromatic nitrogens is 2. The van der Waals surface area contributed by atoms with E-state index in [1.54, 1.807) is 10.9 Å². The van der Waals surface area contributed by atoms with Gasteiger partial charge in [0.15, 0.2) is 0 Å². The molecule has 1 aromatic carbocycles. The van der Waals surface area contributed by atoms with E-state index in [0.717, 1.165) is 17.7 Å². The number of nitrogens with zero attached hydrogens (tertiary/aromatic N) is 4. The van der Waals surface area contributed by atoms with E-state index >= 15 is 0 Å². The van der Waals surface area contributed by atoms with Gasteiger partial charge in [0.2, 0.25) is 0 Å².